The number of nitrogens with zero attached hydrogens (tertiary/aromatic N) is 1. The van der Waals surface area contributed by atoms with Crippen molar-refractivity contribution in [2.45, 2.75) is 24.8 Å². The molecule has 0 aliphatic heterocycles. The van der Waals surface area contributed by atoms with E-state index in [2.05, 4.69) is 23.7 Å². The van der Waals surface area contributed by atoms with Crippen LogP contribution in [0.25, 0.3) is 0 Å². The summed E-state index contributed by atoms with van der Waals surface area (Å²) in [5, 5.41) is 0.0631. The molecule has 0 fully saturated rings. The maximum absolute atomic E-state index is 5.88. The molecule has 0 spiro atoms. The molecule has 2 heteroatoms. The smallest absolute Gasteiger partial charge is 0.0635 e. The van der Waals surface area contributed by atoms with Crippen molar-refractivity contribution in [2.24, 2.45) is 4.99 Å². The van der Waals surface area contributed by atoms with E-state index in [0.717, 1.165) is 19.4 Å². The van der Waals surface area contributed by atoms with Crippen LogP contribution in [0.4, 0.5) is 0 Å². The lowest BCUT2D eigenvalue weighted by atomic mass is 10.2. The Labute approximate surface area is 96.5 Å². The van der Waals surface area contributed by atoms with Crippen LogP contribution in [0, 0.1) is 0 Å². The molecule has 0 saturated carbocycles. The predicted molar refractivity (Wildman–Crippen MR) is 67.7 cm³/mol. The highest BCUT2D eigenvalue weighted by Crippen LogP contribution is 2.05. The fraction of sp³-hybridized carbons (Fsp3) is 0.308. The van der Waals surface area contributed by atoms with E-state index in [1.165, 1.54) is 5.56 Å². The second-order valence-corrected chi connectivity index (χ2v) is 3.90. The quantitative estimate of drug-likeness (QED) is 0.393. The lowest BCUT2D eigenvalue weighted by molar-refractivity contribution is 0.905. The molecule has 1 nitrogen and oxygen atoms in total. The highest BCUT2D eigenvalue weighted by Gasteiger charge is 1.95. The Kier molecular flexibility index (Phi) is 5.79. The van der Waals surface area contributed by atoms with Crippen molar-refractivity contribution < 1.29 is 0 Å². The van der Waals surface area contributed by atoms with E-state index in [0.29, 0.717) is 0 Å². The van der Waals surface area contributed by atoms with Gasteiger partial charge in [-0.3, -0.25) is 4.99 Å². The van der Waals surface area contributed by atoms with E-state index >= 15 is 0 Å². The minimum atomic E-state index is 0.0631. The molecule has 0 aliphatic rings. The summed E-state index contributed by atoms with van der Waals surface area (Å²) < 4.78 is 0. The molecule has 0 amide bonds. The second kappa shape index (κ2) is 7.24. The zero-order valence-electron chi connectivity index (χ0n) is 8.77. The number of hydrogen-bond donors (Lipinski definition) is 0. The number of hydrogen-bond acceptors (Lipinski definition) is 1. The molecule has 0 aliphatic carbocycles. The summed E-state index contributed by atoms with van der Waals surface area (Å²) in [6.07, 6.45) is 5.51. The van der Waals surface area contributed by atoms with Gasteiger partial charge in [-0.15, -0.1) is 18.2 Å². The van der Waals surface area contributed by atoms with Crippen LogP contribution in [-0.2, 0) is 6.54 Å². The third-order valence-electron chi connectivity index (χ3n) is 2.07. The molecule has 15 heavy (non-hydrogen) atoms. The van der Waals surface area contributed by atoms with Gasteiger partial charge < -0.3 is 0 Å². The van der Waals surface area contributed by atoms with Gasteiger partial charge in [0.15, 0.2) is 0 Å². The number of rotatable bonds is 6. The first-order valence-electron chi connectivity index (χ1n) is 5.11. The van der Waals surface area contributed by atoms with Crippen molar-refractivity contribution in [3.05, 3.63) is 48.6 Å². The Bertz CT molecular complexity index is 306. The van der Waals surface area contributed by atoms with Gasteiger partial charge in [-0.25, -0.2) is 0 Å². The largest absolute Gasteiger partial charge is 0.293 e. The number of aliphatic imine (C=N–C) groups is 1. The molecule has 0 bridgehead atoms. The molecule has 80 valence electrons. The first-order chi connectivity index (χ1) is 7.33. The van der Waals surface area contributed by atoms with Gasteiger partial charge in [0.2, 0.25) is 0 Å². The van der Waals surface area contributed by atoms with Crippen LogP contribution in [0.2, 0.25) is 0 Å². The maximum atomic E-state index is 5.88. The summed E-state index contributed by atoms with van der Waals surface area (Å²) in [4.78, 5) is 4.33. The van der Waals surface area contributed by atoms with Gasteiger partial charge in [-0.2, -0.15) is 0 Å². The zero-order chi connectivity index (χ0) is 10.9. The molecule has 1 aromatic rings. The lowest BCUT2D eigenvalue weighted by Gasteiger charge is -1.98. The van der Waals surface area contributed by atoms with Crippen molar-refractivity contribution in [3.8, 4) is 0 Å². The molecule has 0 heterocycles. The number of alkyl halides is 1. The molecule has 0 aromatic heterocycles. The number of allylic oxidation sites excluding steroid dienone is 1. The van der Waals surface area contributed by atoms with E-state index in [1.807, 2.05) is 24.4 Å². The van der Waals surface area contributed by atoms with Crippen molar-refractivity contribution in [1.29, 1.82) is 0 Å². The van der Waals surface area contributed by atoms with Crippen LogP contribution >= 0.6 is 11.6 Å². The standard InChI is InChI=1S/C13H16ClN/c1-2-13(14)9-6-10-15-11-12-7-4-3-5-8-12/h2-5,7-8,10,13H,1,6,9,11H2. The van der Waals surface area contributed by atoms with Crippen LogP contribution in [0.1, 0.15) is 18.4 Å². The average Bonchev–Trinajstić information content (AvgIpc) is 2.29. The van der Waals surface area contributed by atoms with Crippen LogP contribution in [0.15, 0.2) is 48.0 Å². The van der Waals surface area contributed by atoms with Crippen LogP contribution < -0.4 is 0 Å². The van der Waals surface area contributed by atoms with E-state index in [1.54, 1.807) is 6.08 Å². The SMILES string of the molecule is C=CC(Cl)CCC=NCc1ccccc1. The Balaban J connectivity index is 2.20. The van der Waals surface area contributed by atoms with Gasteiger partial charge >= 0.3 is 0 Å². The first-order valence-corrected chi connectivity index (χ1v) is 5.55. The lowest BCUT2D eigenvalue weighted by Crippen LogP contribution is -1.92. The van der Waals surface area contributed by atoms with Gasteiger partial charge in [-0.1, -0.05) is 36.4 Å². The highest BCUT2D eigenvalue weighted by atomic mass is 35.5. The molecule has 1 unspecified atom stereocenters. The predicted octanol–water partition coefficient (Wildman–Crippen LogP) is 3.83. The van der Waals surface area contributed by atoms with Crippen molar-refractivity contribution in [1.82, 2.24) is 0 Å². The molecular formula is C13H16ClN. The Morgan fingerprint density at radius 1 is 1.33 bits per heavy atom. The summed E-state index contributed by atoms with van der Waals surface area (Å²) in [5.74, 6) is 0. The fourth-order valence-corrected chi connectivity index (χ4v) is 1.32. The minimum absolute atomic E-state index is 0.0631. The van der Waals surface area contributed by atoms with E-state index in [9.17, 15) is 0 Å². The highest BCUT2D eigenvalue weighted by molar-refractivity contribution is 6.21. The van der Waals surface area contributed by atoms with Gasteiger partial charge in [-0.05, 0) is 24.6 Å². The van der Waals surface area contributed by atoms with Crippen molar-refractivity contribution in [2.75, 3.05) is 0 Å². The molecule has 0 N–H and O–H groups in total. The van der Waals surface area contributed by atoms with Crippen LogP contribution in [0.5, 0.6) is 0 Å². The molecule has 1 aromatic carbocycles. The zero-order valence-corrected chi connectivity index (χ0v) is 9.53. The van der Waals surface area contributed by atoms with E-state index in [-0.39, 0.29) is 5.38 Å². The summed E-state index contributed by atoms with van der Waals surface area (Å²) >= 11 is 5.88. The fourth-order valence-electron chi connectivity index (χ4n) is 1.20. The third kappa shape index (κ3) is 5.38. The van der Waals surface area contributed by atoms with Crippen molar-refractivity contribution >= 4 is 17.8 Å². The Hall–Kier alpha value is -1.08. The first kappa shape index (κ1) is 12.0. The normalized spacial score (nSPS) is 12.9. The summed E-state index contributed by atoms with van der Waals surface area (Å²) in [6, 6.07) is 10.2. The Morgan fingerprint density at radius 3 is 2.73 bits per heavy atom. The Morgan fingerprint density at radius 2 is 2.07 bits per heavy atom. The van der Waals surface area contributed by atoms with Gasteiger partial charge in [0.25, 0.3) is 0 Å². The molecule has 1 atom stereocenters. The summed E-state index contributed by atoms with van der Waals surface area (Å²) in [5.41, 5.74) is 1.24. The maximum Gasteiger partial charge on any atom is 0.0635 e. The second-order valence-electron chi connectivity index (χ2n) is 3.34. The average molecular weight is 222 g/mol. The third-order valence-corrected chi connectivity index (χ3v) is 2.47. The van der Waals surface area contributed by atoms with Gasteiger partial charge in [0.1, 0.15) is 0 Å². The molecule has 1 rings (SSSR count). The van der Waals surface area contributed by atoms with Gasteiger partial charge in [0.05, 0.1) is 11.9 Å². The molecular weight excluding hydrogens is 206 g/mol. The topological polar surface area (TPSA) is 12.4 Å². The van der Waals surface area contributed by atoms with Crippen LogP contribution in [0.3, 0.4) is 0 Å². The van der Waals surface area contributed by atoms with Crippen molar-refractivity contribution in [3.63, 3.8) is 0 Å². The van der Waals surface area contributed by atoms with Gasteiger partial charge in [0, 0.05) is 0 Å². The van der Waals surface area contributed by atoms with E-state index in [4.69, 9.17) is 11.6 Å². The summed E-state index contributed by atoms with van der Waals surface area (Å²) in [6.45, 7) is 4.38. The van der Waals surface area contributed by atoms with Crippen LogP contribution in [-0.4, -0.2) is 11.6 Å². The molecule has 0 saturated heterocycles. The monoisotopic (exact) mass is 221 g/mol. The number of halogens is 1. The minimum Gasteiger partial charge on any atom is -0.293 e. The number of benzene rings is 1. The molecule has 0 radical (unpaired) electrons. The van der Waals surface area contributed by atoms with E-state index < -0.39 is 0 Å². The summed E-state index contributed by atoms with van der Waals surface area (Å²) in [7, 11) is 0.